The van der Waals surface area contributed by atoms with Gasteiger partial charge in [-0.3, -0.25) is 9.69 Å². The summed E-state index contributed by atoms with van der Waals surface area (Å²) in [4.78, 5) is 17.3. The van der Waals surface area contributed by atoms with E-state index in [0.717, 1.165) is 39.1 Å². The molecule has 216 valence electrons. The molecule has 10 heteroatoms. The van der Waals surface area contributed by atoms with Crippen LogP contribution in [0.25, 0.3) is 0 Å². The number of nitrogens with one attached hydrogen (secondary N) is 1. The number of likely N-dealkylation sites (N-methyl/N-ethyl adjacent to an activating group) is 1. The van der Waals surface area contributed by atoms with Crippen LogP contribution in [0.3, 0.4) is 0 Å². The first kappa shape index (κ1) is 30.8. The van der Waals surface area contributed by atoms with Crippen molar-refractivity contribution in [2.45, 2.75) is 70.2 Å². The van der Waals surface area contributed by atoms with E-state index in [2.05, 4.69) is 17.1 Å². The molecule has 3 rings (SSSR count). The van der Waals surface area contributed by atoms with Gasteiger partial charge in [-0.2, -0.15) is 4.31 Å². The number of hydrogen-bond acceptors (Lipinski definition) is 7. The molecule has 2 fully saturated rings. The average molecular weight is 553 g/mol. The van der Waals surface area contributed by atoms with Gasteiger partial charge in [-0.1, -0.05) is 0 Å². The highest BCUT2D eigenvalue weighted by Crippen LogP contribution is 2.28. The third-order valence-corrected chi connectivity index (χ3v) is 10.1. The SMILES string of the molecule is COc1cc(C)c(S(=O)(=O)N(C)CCOCC(=O)N2CCC(CCCN3CCCC(C)NC3)CC2)c(C)c1. The fourth-order valence-corrected chi connectivity index (χ4v) is 7.07. The molecule has 0 aromatic heterocycles. The number of rotatable bonds is 12. The Hall–Kier alpha value is -1.72. The summed E-state index contributed by atoms with van der Waals surface area (Å²) in [5.41, 5.74) is 1.28. The van der Waals surface area contributed by atoms with Crippen LogP contribution in [-0.2, 0) is 19.6 Å². The number of sulfonamides is 1. The van der Waals surface area contributed by atoms with Crippen LogP contribution in [0.2, 0.25) is 0 Å². The number of ether oxygens (including phenoxy) is 2. The lowest BCUT2D eigenvalue weighted by molar-refractivity contribution is -0.137. The van der Waals surface area contributed by atoms with E-state index in [0.29, 0.717) is 28.8 Å². The number of amides is 1. The molecule has 0 radical (unpaired) electrons. The third-order valence-electron chi connectivity index (χ3n) is 7.94. The van der Waals surface area contributed by atoms with Gasteiger partial charge in [-0.25, -0.2) is 8.42 Å². The molecule has 0 spiro atoms. The van der Waals surface area contributed by atoms with E-state index in [4.69, 9.17) is 9.47 Å². The predicted molar refractivity (Wildman–Crippen MR) is 150 cm³/mol. The summed E-state index contributed by atoms with van der Waals surface area (Å²) in [6.45, 7) is 11.0. The van der Waals surface area contributed by atoms with Crippen molar-refractivity contribution < 1.29 is 22.7 Å². The van der Waals surface area contributed by atoms with Gasteiger partial charge in [0.15, 0.2) is 0 Å². The molecule has 1 N–H and O–H groups in total. The lowest BCUT2D eigenvalue weighted by Crippen LogP contribution is -2.41. The minimum atomic E-state index is -3.68. The van der Waals surface area contributed by atoms with Gasteiger partial charge < -0.3 is 19.7 Å². The molecule has 1 aromatic carbocycles. The van der Waals surface area contributed by atoms with Crippen LogP contribution >= 0.6 is 0 Å². The highest BCUT2D eigenvalue weighted by Gasteiger charge is 2.26. The monoisotopic (exact) mass is 552 g/mol. The first-order valence-electron chi connectivity index (χ1n) is 14.0. The van der Waals surface area contributed by atoms with Crippen LogP contribution in [0, 0.1) is 19.8 Å². The number of piperidine rings is 1. The average Bonchev–Trinajstić information content (AvgIpc) is 3.09. The minimum Gasteiger partial charge on any atom is -0.497 e. The maximum absolute atomic E-state index is 13.1. The van der Waals surface area contributed by atoms with Gasteiger partial charge in [0.05, 0.1) is 18.6 Å². The molecule has 2 saturated heterocycles. The quantitative estimate of drug-likeness (QED) is 0.399. The molecule has 38 heavy (non-hydrogen) atoms. The van der Waals surface area contributed by atoms with E-state index in [1.54, 1.807) is 33.1 Å². The van der Waals surface area contributed by atoms with Crippen LogP contribution in [0.4, 0.5) is 0 Å². The molecule has 1 amide bonds. The van der Waals surface area contributed by atoms with Crippen molar-refractivity contribution in [2.24, 2.45) is 5.92 Å². The van der Waals surface area contributed by atoms with Crippen molar-refractivity contribution in [3.05, 3.63) is 23.3 Å². The zero-order chi connectivity index (χ0) is 27.7. The number of carbonyl (C=O) groups is 1. The summed E-state index contributed by atoms with van der Waals surface area (Å²) < 4.78 is 38.4. The van der Waals surface area contributed by atoms with Crippen molar-refractivity contribution in [3.63, 3.8) is 0 Å². The zero-order valence-electron chi connectivity index (χ0n) is 24.0. The van der Waals surface area contributed by atoms with Crippen LogP contribution < -0.4 is 10.1 Å². The fourth-order valence-electron chi connectivity index (χ4n) is 5.51. The topological polar surface area (TPSA) is 91.4 Å². The molecule has 2 aliphatic rings. The van der Waals surface area contributed by atoms with Crippen LogP contribution in [0.5, 0.6) is 5.75 Å². The molecule has 1 unspecified atom stereocenters. The first-order chi connectivity index (χ1) is 18.1. The van der Waals surface area contributed by atoms with E-state index >= 15 is 0 Å². The largest absolute Gasteiger partial charge is 0.497 e. The number of likely N-dealkylation sites (tertiary alicyclic amines) is 1. The maximum atomic E-state index is 13.1. The summed E-state index contributed by atoms with van der Waals surface area (Å²) >= 11 is 0. The van der Waals surface area contributed by atoms with Crippen LogP contribution in [-0.4, -0.2) is 101 Å². The molecular formula is C28H48N4O5S. The number of hydrogen-bond donors (Lipinski definition) is 1. The normalized spacial score (nSPS) is 20.1. The standard InChI is InChI=1S/C28H48N4O5S/c1-22-18-26(36-5)19-23(2)28(22)38(34,35)30(4)16-17-37-20-27(33)32-14-10-25(11-15-32)9-7-13-31-12-6-8-24(3)29-21-31/h18-19,24-25,29H,6-17,20-21H2,1-5H3. The third kappa shape index (κ3) is 8.64. The second-order valence-corrected chi connectivity index (χ2v) is 12.9. The van der Waals surface area contributed by atoms with Crippen molar-refractivity contribution in [3.8, 4) is 5.75 Å². The van der Waals surface area contributed by atoms with Crippen molar-refractivity contribution in [1.29, 1.82) is 0 Å². The Morgan fingerprint density at radius 3 is 2.47 bits per heavy atom. The van der Waals surface area contributed by atoms with Gasteiger partial charge in [-0.05, 0) is 102 Å². The Morgan fingerprint density at radius 1 is 1.13 bits per heavy atom. The summed E-state index contributed by atoms with van der Waals surface area (Å²) in [6.07, 6.45) is 7.05. The summed E-state index contributed by atoms with van der Waals surface area (Å²) in [7, 11) is -0.575. The molecule has 0 aliphatic carbocycles. The fraction of sp³-hybridized carbons (Fsp3) is 0.750. The molecule has 9 nitrogen and oxygen atoms in total. The smallest absolute Gasteiger partial charge is 0.248 e. The van der Waals surface area contributed by atoms with Gasteiger partial charge in [0, 0.05) is 39.4 Å². The summed E-state index contributed by atoms with van der Waals surface area (Å²) in [5.74, 6) is 1.30. The molecule has 0 saturated carbocycles. The molecular weight excluding hydrogens is 504 g/mol. The Balaban J connectivity index is 1.33. The Labute approximate surface area is 229 Å². The number of aryl methyl sites for hydroxylation is 2. The van der Waals surface area contributed by atoms with Gasteiger partial charge in [0.2, 0.25) is 15.9 Å². The van der Waals surface area contributed by atoms with E-state index in [1.807, 2.05) is 4.90 Å². The molecule has 1 aromatic rings. The molecule has 0 bridgehead atoms. The van der Waals surface area contributed by atoms with Crippen molar-refractivity contribution >= 4 is 15.9 Å². The van der Waals surface area contributed by atoms with E-state index in [9.17, 15) is 13.2 Å². The predicted octanol–water partition coefficient (Wildman–Crippen LogP) is 3.00. The minimum absolute atomic E-state index is 0.0134. The van der Waals surface area contributed by atoms with Crippen LogP contribution in [0.1, 0.15) is 56.6 Å². The van der Waals surface area contributed by atoms with Gasteiger partial charge >= 0.3 is 0 Å². The highest BCUT2D eigenvalue weighted by molar-refractivity contribution is 7.89. The Morgan fingerprint density at radius 2 is 1.82 bits per heavy atom. The van der Waals surface area contributed by atoms with E-state index < -0.39 is 10.0 Å². The first-order valence-corrected chi connectivity index (χ1v) is 15.5. The molecule has 1 atom stereocenters. The highest BCUT2D eigenvalue weighted by atomic mass is 32.2. The van der Waals surface area contributed by atoms with Crippen molar-refractivity contribution in [1.82, 2.24) is 19.4 Å². The summed E-state index contributed by atoms with van der Waals surface area (Å²) in [5, 5.41) is 3.58. The lowest BCUT2D eigenvalue weighted by atomic mass is 9.92. The van der Waals surface area contributed by atoms with Crippen LogP contribution in [0.15, 0.2) is 17.0 Å². The number of carbonyl (C=O) groups excluding carboxylic acids is 1. The van der Waals surface area contributed by atoms with E-state index in [1.165, 1.54) is 43.6 Å². The van der Waals surface area contributed by atoms with Gasteiger partial charge in [0.25, 0.3) is 0 Å². The second-order valence-electron chi connectivity index (χ2n) is 11.0. The van der Waals surface area contributed by atoms with Crippen molar-refractivity contribution in [2.75, 3.05) is 66.8 Å². The lowest BCUT2D eigenvalue weighted by Gasteiger charge is -2.32. The Bertz CT molecular complexity index is 987. The molecule has 2 aliphatic heterocycles. The van der Waals surface area contributed by atoms with Gasteiger partial charge in [0.1, 0.15) is 12.4 Å². The maximum Gasteiger partial charge on any atom is 0.248 e. The van der Waals surface area contributed by atoms with E-state index in [-0.39, 0.29) is 30.6 Å². The summed E-state index contributed by atoms with van der Waals surface area (Å²) in [6, 6.07) is 4.06. The number of nitrogens with zero attached hydrogens (tertiary/aromatic N) is 3. The van der Waals surface area contributed by atoms with Gasteiger partial charge in [-0.15, -0.1) is 0 Å². The Kier molecular flexibility index (Phi) is 11.8. The zero-order valence-corrected chi connectivity index (χ0v) is 24.8. The number of benzene rings is 1. The second kappa shape index (κ2) is 14.6. The number of methoxy groups -OCH3 is 1. The molecule has 2 heterocycles.